The molecule has 1 amide bonds. The third-order valence-electron chi connectivity index (χ3n) is 2.89. The molecule has 2 aromatic rings. The van der Waals surface area contributed by atoms with E-state index >= 15 is 0 Å². The number of aryl methyl sites for hydroxylation is 1. The molecule has 0 radical (unpaired) electrons. The Labute approximate surface area is 138 Å². The number of rotatable bonds is 8. The van der Waals surface area contributed by atoms with Crippen molar-refractivity contribution in [1.82, 2.24) is 10.3 Å². The Morgan fingerprint density at radius 3 is 2.68 bits per heavy atom. The van der Waals surface area contributed by atoms with E-state index in [4.69, 9.17) is 0 Å². The predicted octanol–water partition coefficient (Wildman–Crippen LogP) is 2.73. The lowest BCUT2D eigenvalue weighted by molar-refractivity contribution is -0.118. The van der Waals surface area contributed by atoms with Crippen molar-refractivity contribution in [2.45, 2.75) is 13.3 Å². The highest BCUT2D eigenvalue weighted by Crippen LogP contribution is 2.09. The van der Waals surface area contributed by atoms with Crippen LogP contribution in [0, 0.1) is 6.92 Å². The molecule has 2 rings (SSSR count). The van der Waals surface area contributed by atoms with Crippen molar-refractivity contribution in [2.75, 3.05) is 18.1 Å². The second kappa shape index (κ2) is 8.70. The zero-order valence-corrected chi connectivity index (χ0v) is 14.0. The Hall–Kier alpha value is -1.66. The van der Waals surface area contributed by atoms with E-state index in [1.807, 2.05) is 30.5 Å². The third-order valence-corrected chi connectivity index (χ3v) is 4.85. The molecule has 1 aromatic heterocycles. The molecule has 116 valence electrons. The molecule has 0 aliphatic carbocycles. The summed E-state index contributed by atoms with van der Waals surface area (Å²) < 4.78 is 0. The number of Topliss-reactive ketones (excluding diaryl/α,β-unsaturated/α-hetero) is 1. The van der Waals surface area contributed by atoms with Crippen LogP contribution in [-0.4, -0.2) is 34.7 Å². The number of nitrogens with one attached hydrogen (secondary N) is 1. The maximum Gasteiger partial charge on any atom is 0.230 e. The van der Waals surface area contributed by atoms with E-state index in [-0.39, 0.29) is 11.7 Å². The highest BCUT2D eigenvalue weighted by atomic mass is 32.2. The normalized spacial score (nSPS) is 10.4. The van der Waals surface area contributed by atoms with E-state index in [2.05, 4.69) is 10.3 Å². The van der Waals surface area contributed by atoms with Crippen LogP contribution in [-0.2, 0) is 11.2 Å². The van der Waals surface area contributed by atoms with Crippen molar-refractivity contribution in [3.8, 4) is 0 Å². The van der Waals surface area contributed by atoms with Crippen LogP contribution in [0.15, 0.2) is 35.7 Å². The SMILES string of the molecule is Cc1csc(CCNC(=O)CSCC(=O)c2ccccc2)n1. The van der Waals surface area contributed by atoms with Gasteiger partial charge in [-0.25, -0.2) is 4.98 Å². The van der Waals surface area contributed by atoms with Crippen LogP contribution in [0.5, 0.6) is 0 Å². The molecule has 1 N–H and O–H groups in total. The zero-order valence-electron chi connectivity index (χ0n) is 12.4. The molecule has 0 saturated carbocycles. The van der Waals surface area contributed by atoms with Crippen LogP contribution >= 0.6 is 23.1 Å². The van der Waals surface area contributed by atoms with Crippen LogP contribution in [0.25, 0.3) is 0 Å². The smallest absolute Gasteiger partial charge is 0.230 e. The van der Waals surface area contributed by atoms with Crippen molar-refractivity contribution in [3.63, 3.8) is 0 Å². The Morgan fingerprint density at radius 1 is 1.23 bits per heavy atom. The summed E-state index contributed by atoms with van der Waals surface area (Å²) in [6.45, 7) is 2.54. The van der Waals surface area contributed by atoms with Gasteiger partial charge in [-0.2, -0.15) is 0 Å². The van der Waals surface area contributed by atoms with Crippen molar-refractivity contribution < 1.29 is 9.59 Å². The number of aromatic nitrogens is 1. The standard InChI is InChI=1S/C16H18N2O2S2/c1-12-9-22-16(18-12)7-8-17-15(20)11-21-10-14(19)13-5-3-2-4-6-13/h2-6,9H,7-8,10-11H2,1H3,(H,17,20). The van der Waals surface area contributed by atoms with Crippen LogP contribution < -0.4 is 5.32 Å². The summed E-state index contributed by atoms with van der Waals surface area (Å²) in [7, 11) is 0. The van der Waals surface area contributed by atoms with Gasteiger partial charge in [-0.15, -0.1) is 23.1 Å². The molecule has 0 saturated heterocycles. The van der Waals surface area contributed by atoms with E-state index in [0.29, 0.717) is 23.6 Å². The summed E-state index contributed by atoms with van der Waals surface area (Å²) in [4.78, 5) is 27.9. The number of nitrogens with zero attached hydrogens (tertiary/aromatic N) is 1. The first-order valence-electron chi connectivity index (χ1n) is 6.99. The molecule has 0 aliphatic rings. The summed E-state index contributed by atoms with van der Waals surface area (Å²) in [5.41, 5.74) is 1.70. The van der Waals surface area contributed by atoms with Gasteiger partial charge in [0.15, 0.2) is 5.78 Å². The molecule has 0 unspecified atom stereocenters. The average Bonchev–Trinajstić information content (AvgIpc) is 2.93. The van der Waals surface area contributed by atoms with Gasteiger partial charge in [-0.1, -0.05) is 30.3 Å². The quantitative estimate of drug-likeness (QED) is 0.754. The lowest BCUT2D eigenvalue weighted by Gasteiger charge is -2.04. The van der Waals surface area contributed by atoms with Gasteiger partial charge >= 0.3 is 0 Å². The highest BCUT2D eigenvalue weighted by molar-refractivity contribution is 8.00. The second-order valence-corrected chi connectivity index (χ2v) is 6.69. The van der Waals surface area contributed by atoms with Gasteiger partial charge in [0.25, 0.3) is 0 Å². The number of hydrogen-bond acceptors (Lipinski definition) is 5. The van der Waals surface area contributed by atoms with Gasteiger partial charge in [0.05, 0.1) is 16.5 Å². The molecule has 4 nitrogen and oxygen atoms in total. The number of thioether (sulfide) groups is 1. The minimum atomic E-state index is -0.0425. The van der Waals surface area contributed by atoms with Gasteiger partial charge in [-0.05, 0) is 6.92 Å². The molecule has 1 aromatic carbocycles. The highest BCUT2D eigenvalue weighted by Gasteiger charge is 2.07. The molecule has 0 fully saturated rings. The molecule has 0 bridgehead atoms. The Kier molecular flexibility index (Phi) is 6.61. The third kappa shape index (κ3) is 5.61. The molecule has 0 atom stereocenters. The summed E-state index contributed by atoms with van der Waals surface area (Å²) >= 11 is 2.95. The van der Waals surface area contributed by atoms with E-state index < -0.39 is 0 Å². The Morgan fingerprint density at radius 2 is 2.00 bits per heavy atom. The summed E-state index contributed by atoms with van der Waals surface area (Å²) in [6, 6.07) is 9.13. The average molecular weight is 334 g/mol. The first-order chi connectivity index (χ1) is 10.6. The number of ketones is 1. The summed E-state index contributed by atoms with van der Waals surface area (Å²) in [6.07, 6.45) is 0.748. The number of hydrogen-bond donors (Lipinski definition) is 1. The van der Waals surface area contributed by atoms with Crippen molar-refractivity contribution in [2.24, 2.45) is 0 Å². The number of carbonyl (C=O) groups excluding carboxylic acids is 2. The van der Waals surface area contributed by atoms with E-state index in [1.165, 1.54) is 11.8 Å². The minimum Gasteiger partial charge on any atom is -0.355 e. The van der Waals surface area contributed by atoms with Crippen LogP contribution in [0.4, 0.5) is 0 Å². The van der Waals surface area contributed by atoms with E-state index in [1.54, 1.807) is 23.5 Å². The molecule has 1 heterocycles. The lowest BCUT2D eigenvalue weighted by Crippen LogP contribution is -2.27. The van der Waals surface area contributed by atoms with Gasteiger partial charge in [-0.3, -0.25) is 9.59 Å². The van der Waals surface area contributed by atoms with Gasteiger partial charge in [0.2, 0.25) is 5.91 Å². The number of thiazole rings is 1. The maximum absolute atomic E-state index is 11.9. The molecule has 22 heavy (non-hydrogen) atoms. The number of amides is 1. The fourth-order valence-electron chi connectivity index (χ4n) is 1.82. The fraction of sp³-hybridized carbons (Fsp3) is 0.312. The summed E-state index contributed by atoms with van der Waals surface area (Å²) in [5.74, 6) is 0.634. The largest absolute Gasteiger partial charge is 0.355 e. The lowest BCUT2D eigenvalue weighted by atomic mass is 10.2. The molecule has 0 aliphatic heterocycles. The first kappa shape index (κ1) is 16.7. The first-order valence-corrected chi connectivity index (χ1v) is 9.02. The molecule has 6 heteroatoms. The Balaban J connectivity index is 1.60. The number of benzene rings is 1. The fourth-order valence-corrected chi connectivity index (χ4v) is 3.34. The Bertz CT molecular complexity index is 626. The topological polar surface area (TPSA) is 59.1 Å². The minimum absolute atomic E-state index is 0.0425. The van der Waals surface area contributed by atoms with E-state index in [9.17, 15) is 9.59 Å². The van der Waals surface area contributed by atoms with Crippen molar-refractivity contribution in [1.29, 1.82) is 0 Å². The van der Waals surface area contributed by atoms with E-state index in [0.717, 1.165) is 17.1 Å². The second-order valence-electron chi connectivity index (χ2n) is 4.76. The zero-order chi connectivity index (χ0) is 15.8. The van der Waals surface area contributed by atoms with Crippen molar-refractivity contribution in [3.05, 3.63) is 52.0 Å². The number of carbonyl (C=O) groups is 2. The van der Waals surface area contributed by atoms with Crippen LogP contribution in [0.3, 0.4) is 0 Å². The molecular weight excluding hydrogens is 316 g/mol. The van der Waals surface area contributed by atoms with Gasteiger partial charge in [0.1, 0.15) is 0 Å². The van der Waals surface area contributed by atoms with Gasteiger partial charge in [0, 0.05) is 29.6 Å². The van der Waals surface area contributed by atoms with Crippen LogP contribution in [0.2, 0.25) is 0 Å². The molecule has 0 spiro atoms. The van der Waals surface area contributed by atoms with Gasteiger partial charge < -0.3 is 5.32 Å². The van der Waals surface area contributed by atoms with Crippen molar-refractivity contribution >= 4 is 34.8 Å². The predicted molar refractivity (Wildman–Crippen MR) is 91.7 cm³/mol. The monoisotopic (exact) mass is 334 g/mol. The maximum atomic E-state index is 11.9. The van der Waals surface area contributed by atoms with Crippen LogP contribution in [0.1, 0.15) is 21.1 Å². The molecular formula is C16H18N2O2S2. The summed E-state index contributed by atoms with van der Waals surface area (Å²) in [5, 5.41) is 5.88.